The highest BCUT2D eigenvalue weighted by Gasteiger charge is 2.32. The number of ketones is 1. The summed E-state index contributed by atoms with van der Waals surface area (Å²) in [6.45, 7) is 7.55. The van der Waals surface area contributed by atoms with E-state index in [0.717, 1.165) is 0 Å². The maximum atomic E-state index is 13.7. The number of aryl methyl sites for hydroxylation is 1. The van der Waals surface area contributed by atoms with E-state index in [9.17, 15) is 28.4 Å². The first-order chi connectivity index (χ1) is 20.5. The molecule has 0 radical (unpaired) electrons. The zero-order valence-corrected chi connectivity index (χ0v) is 24.9. The second-order valence-corrected chi connectivity index (χ2v) is 11.0. The molecule has 0 bridgehead atoms. The summed E-state index contributed by atoms with van der Waals surface area (Å²) >= 11 is 0. The number of nitrogens with one attached hydrogen (secondary N) is 3. The fourth-order valence-corrected chi connectivity index (χ4v) is 4.89. The van der Waals surface area contributed by atoms with E-state index in [4.69, 9.17) is 9.26 Å². The Kier molecular flexibility index (Phi) is 12.2. The first-order valence-corrected chi connectivity index (χ1v) is 14.4. The highest BCUT2D eigenvalue weighted by Crippen LogP contribution is 2.21. The van der Waals surface area contributed by atoms with Crippen LogP contribution in [0.4, 0.5) is 4.39 Å². The first-order valence-electron chi connectivity index (χ1n) is 14.4. The number of esters is 1. The van der Waals surface area contributed by atoms with Gasteiger partial charge in [-0.1, -0.05) is 37.2 Å². The minimum atomic E-state index is -0.922. The predicted molar refractivity (Wildman–Crippen MR) is 154 cm³/mol. The van der Waals surface area contributed by atoms with Crippen LogP contribution in [0.25, 0.3) is 0 Å². The Morgan fingerprint density at radius 1 is 1.19 bits per heavy atom. The molecular formula is C31H39FN4O7. The molecule has 3 amide bonds. The molecule has 0 saturated carbocycles. The average Bonchev–Trinajstić information content (AvgIpc) is 3.58. The molecule has 4 atom stereocenters. The second-order valence-electron chi connectivity index (χ2n) is 11.0. The van der Waals surface area contributed by atoms with E-state index in [1.165, 1.54) is 42.5 Å². The van der Waals surface area contributed by atoms with Crippen LogP contribution in [0.3, 0.4) is 0 Å². The molecule has 2 heterocycles. The van der Waals surface area contributed by atoms with Gasteiger partial charge >= 0.3 is 5.97 Å². The number of carbonyl (C=O) groups is 5. The molecule has 1 aromatic carbocycles. The molecule has 1 aliphatic rings. The lowest BCUT2D eigenvalue weighted by atomic mass is 9.87. The van der Waals surface area contributed by atoms with Gasteiger partial charge in [0, 0.05) is 43.0 Å². The third kappa shape index (κ3) is 10.2. The Morgan fingerprint density at radius 3 is 2.49 bits per heavy atom. The van der Waals surface area contributed by atoms with E-state index < -0.39 is 41.6 Å². The molecule has 43 heavy (non-hydrogen) atoms. The molecular weight excluding hydrogens is 559 g/mol. The third-order valence-corrected chi connectivity index (χ3v) is 7.15. The van der Waals surface area contributed by atoms with Crippen LogP contribution in [0.1, 0.15) is 61.8 Å². The molecule has 0 spiro atoms. The Labute approximate surface area is 250 Å². The molecule has 0 aliphatic carbocycles. The van der Waals surface area contributed by atoms with Crippen LogP contribution in [-0.4, -0.2) is 59.9 Å². The molecule has 1 aromatic heterocycles. The SMILES string of the molecule is CCOC(=O)/C=C/[C@H](C[C@H]1CCNC1=O)NC(=O)[C@@H](CC(=O)[C@@H](NC(=O)c1cc(C)on1)C(C)C)Cc1ccc(F)cc1. The van der Waals surface area contributed by atoms with Gasteiger partial charge in [-0.3, -0.25) is 19.2 Å². The second kappa shape index (κ2) is 15.8. The molecule has 2 aromatic rings. The molecule has 1 aliphatic heterocycles. The van der Waals surface area contributed by atoms with Gasteiger partial charge in [-0.25, -0.2) is 9.18 Å². The summed E-state index contributed by atoms with van der Waals surface area (Å²) in [5.41, 5.74) is 0.662. The number of amides is 3. The normalized spacial score (nSPS) is 16.9. The maximum Gasteiger partial charge on any atom is 0.330 e. The Balaban J connectivity index is 1.82. The smallest absolute Gasteiger partial charge is 0.330 e. The van der Waals surface area contributed by atoms with Gasteiger partial charge in [0.15, 0.2) is 11.5 Å². The van der Waals surface area contributed by atoms with Crippen LogP contribution in [-0.2, 0) is 30.3 Å². The van der Waals surface area contributed by atoms with Crippen molar-refractivity contribution in [3.63, 3.8) is 0 Å². The predicted octanol–water partition coefficient (Wildman–Crippen LogP) is 2.82. The molecule has 1 saturated heterocycles. The number of rotatable bonds is 15. The first kappa shape index (κ1) is 33.2. The Bertz CT molecular complexity index is 1320. The fourth-order valence-electron chi connectivity index (χ4n) is 4.89. The van der Waals surface area contributed by atoms with Crippen molar-refractivity contribution < 1.29 is 37.6 Å². The highest BCUT2D eigenvalue weighted by molar-refractivity contribution is 5.97. The van der Waals surface area contributed by atoms with E-state index >= 15 is 0 Å². The minimum Gasteiger partial charge on any atom is -0.463 e. The summed E-state index contributed by atoms with van der Waals surface area (Å²) in [6.07, 6.45) is 3.38. The summed E-state index contributed by atoms with van der Waals surface area (Å²) < 4.78 is 23.5. The number of carbonyl (C=O) groups excluding carboxylic acids is 5. The standard InChI is InChI=1S/C31H39FN4O7/c1-5-42-27(38)11-10-24(16-21-12-13-33-29(21)39)34-30(40)22(15-20-6-8-23(32)9-7-20)17-26(37)28(18(2)3)35-31(41)25-14-19(4)43-36-25/h6-11,14,18,21-22,24,28H,5,12-13,15-17H2,1-4H3,(H,33,39)(H,34,40)(H,35,41)/b11-10+/t21-,22-,24-,28+/m1/s1. The summed E-state index contributed by atoms with van der Waals surface area (Å²) in [6, 6.07) is 5.45. The van der Waals surface area contributed by atoms with Crippen molar-refractivity contribution in [3.05, 3.63) is 65.3 Å². The van der Waals surface area contributed by atoms with E-state index in [2.05, 4.69) is 21.1 Å². The summed E-state index contributed by atoms with van der Waals surface area (Å²) in [5.74, 6) is -3.75. The van der Waals surface area contributed by atoms with Crippen LogP contribution >= 0.6 is 0 Å². The van der Waals surface area contributed by atoms with Gasteiger partial charge in [0.05, 0.1) is 12.6 Å². The lowest BCUT2D eigenvalue weighted by Gasteiger charge is -2.25. The highest BCUT2D eigenvalue weighted by atomic mass is 19.1. The average molecular weight is 599 g/mol. The molecule has 3 N–H and O–H groups in total. The lowest BCUT2D eigenvalue weighted by Crippen LogP contribution is -2.47. The monoisotopic (exact) mass is 598 g/mol. The topological polar surface area (TPSA) is 157 Å². The van der Waals surface area contributed by atoms with Crippen LogP contribution < -0.4 is 16.0 Å². The number of aromatic nitrogens is 1. The number of hydrogen-bond donors (Lipinski definition) is 3. The largest absolute Gasteiger partial charge is 0.463 e. The number of nitrogens with zero attached hydrogens (tertiary/aromatic N) is 1. The van der Waals surface area contributed by atoms with Crippen molar-refractivity contribution in [3.8, 4) is 0 Å². The Morgan fingerprint density at radius 2 is 1.91 bits per heavy atom. The summed E-state index contributed by atoms with van der Waals surface area (Å²) in [7, 11) is 0. The Hall–Kier alpha value is -4.35. The van der Waals surface area contributed by atoms with Crippen LogP contribution in [0.2, 0.25) is 0 Å². The van der Waals surface area contributed by atoms with E-state index in [1.807, 2.05) is 0 Å². The van der Waals surface area contributed by atoms with Crippen molar-refractivity contribution >= 4 is 29.5 Å². The zero-order valence-electron chi connectivity index (χ0n) is 24.9. The van der Waals surface area contributed by atoms with Crippen molar-refractivity contribution in [1.82, 2.24) is 21.1 Å². The van der Waals surface area contributed by atoms with Crippen molar-refractivity contribution in [2.75, 3.05) is 13.2 Å². The number of hydrogen-bond acceptors (Lipinski definition) is 8. The number of Topliss-reactive ketones (excluding diaryl/α,β-unsaturated/α-hetero) is 1. The van der Waals surface area contributed by atoms with Gasteiger partial charge in [-0.15, -0.1) is 0 Å². The van der Waals surface area contributed by atoms with Gasteiger partial charge in [-0.2, -0.15) is 0 Å². The van der Waals surface area contributed by atoms with Gasteiger partial charge < -0.3 is 25.2 Å². The summed E-state index contributed by atoms with van der Waals surface area (Å²) in [4.78, 5) is 64.3. The maximum absolute atomic E-state index is 13.7. The quantitative estimate of drug-likeness (QED) is 0.209. The van der Waals surface area contributed by atoms with Crippen LogP contribution in [0.15, 0.2) is 47.0 Å². The van der Waals surface area contributed by atoms with Gasteiger partial charge in [0.1, 0.15) is 11.6 Å². The molecule has 11 nitrogen and oxygen atoms in total. The molecule has 232 valence electrons. The third-order valence-electron chi connectivity index (χ3n) is 7.15. The van der Waals surface area contributed by atoms with Gasteiger partial charge in [0.2, 0.25) is 11.8 Å². The van der Waals surface area contributed by atoms with Crippen molar-refractivity contribution in [1.29, 1.82) is 0 Å². The number of benzene rings is 1. The molecule has 12 heteroatoms. The molecule has 1 fully saturated rings. The van der Waals surface area contributed by atoms with Crippen LogP contribution in [0.5, 0.6) is 0 Å². The van der Waals surface area contributed by atoms with E-state index in [0.29, 0.717) is 24.3 Å². The fraction of sp³-hybridized carbons (Fsp3) is 0.484. The lowest BCUT2D eigenvalue weighted by molar-refractivity contribution is -0.137. The molecule has 0 unspecified atom stereocenters. The molecule has 3 rings (SSSR count). The minimum absolute atomic E-state index is 0.0312. The summed E-state index contributed by atoms with van der Waals surface area (Å²) in [5, 5.41) is 12.1. The van der Waals surface area contributed by atoms with Gasteiger partial charge in [0.25, 0.3) is 5.91 Å². The number of ether oxygens (including phenoxy) is 1. The number of halogens is 1. The van der Waals surface area contributed by atoms with Crippen molar-refractivity contribution in [2.24, 2.45) is 17.8 Å². The zero-order chi connectivity index (χ0) is 31.5. The van der Waals surface area contributed by atoms with Crippen molar-refractivity contribution in [2.45, 2.75) is 65.5 Å². The van der Waals surface area contributed by atoms with Gasteiger partial charge in [-0.05, 0) is 56.7 Å². The van der Waals surface area contributed by atoms with Crippen LogP contribution in [0, 0.1) is 30.5 Å². The van der Waals surface area contributed by atoms with E-state index in [1.54, 1.807) is 27.7 Å². The van der Waals surface area contributed by atoms with E-state index in [-0.39, 0.29) is 55.1 Å².